The van der Waals surface area contributed by atoms with Crippen molar-refractivity contribution >= 4 is 21.9 Å². The molecule has 1 saturated heterocycles. The highest BCUT2D eigenvalue weighted by Crippen LogP contribution is 2.26. The average Bonchev–Trinajstić information content (AvgIpc) is 3.04. The largest absolute Gasteiger partial charge is 0.469 e. The molecular weight excluding hydrogens is 322 g/mol. The van der Waals surface area contributed by atoms with Gasteiger partial charge in [-0.05, 0) is 42.2 Å². The SMILES string of the molecule is CCc1nn(CC)c(CN2CCC(C(=O)OC)C2)c1Br. The number of halogens is 1. The van der Waals surface area contributed by atoms with Gasteiger partial charge in [0.2, 0.25) is 0 Å². The number of hydrogen-bond acceptors (Lipinski definition) is 4. The molecule has 112 valence electrons. The highest BCUT2D eigenvalue weighted by Gasteiger charge is 2.30. The standard InChI is InChI=1S/C14H22BrN3O2/c1-4-11-13(15)12(18(5-2)16-11)9-17-7-6-10(8-17)14(19)20-3/h10H,4-9H2,1-3H3. The van der Waals surface area contributed by atoms with E-state index in [1.54, 1.807) is 0 Å². The Balaban J connectivity index is 2.08. The Morgan fingerprint density at radius 3 is 2.85 bits per heavy atom. The smallest absolute Gasteiger partial charge is 0.310 e. The zero-order chi connectivity index (χ0) is 14.7. The van der Waals surface area contributed by atoms with E-state index >= 15 is 0 Å². The first-order valence-corrected chi connectivity index (χ1v) is 7.94. The number of aromatic nitrogens is 2. The molecule has 1 aromatic rings. The van der Waals surface area contributed by atoms with Crippen molar-refractivity contribution in [3.8, 4) is 0 Å². The van der Waals surface area contributed by atoms with Crippen molar-refractivity contribution in [1.29, 1.82) is 0 Å². The van der Waals surface area contributed by atoms with Crippen molar-refractivity contribution in [3.63, 3.8) is 0 Å². The van der Waals surface area contributed by atoms with Gasteiger partial charge >= 0.3 is 5.97 Å². The monoisotopic (exact) mass is 343 g/mol. The molecule has 0 amide bonds. The van der Waals surface area contributed by atoms with Crippen LogP contribution in [0.15, 0.2) is 4.47 Å². The third kappa shape index (κ3) is 3.06. The van der Waals surface area contributed by atoms with Crippen LogP contribution < -0.4 is 0 Å². The maximum atomic E-state index is 11.6. The molecule has 0 aliphatic carbocycles. The number of methoxy groups -OCH3 is 1. The number of carbonyl (C=O) groups excluding carboxylic acids is 1. The summed E-state index contributed by atoms with van der Waals surface area (Å²) < 4.78 is 7.99. The van der Waals surface area contributed by atoms with Crippen LogP contribution in [-0.2, 0) is 29.0 Å². The lowest BCUT2D eigenvalue weighted by Crippen LogP contribution is -2.25. The fourth-order valence-corrected chi connectivity index (χ4v) is 3.41. The molecule has 0 spiro atoms. The molecule has 20 heavy (non-hydrogen) atoms. The van der Waals surface area contributed by atoms with E-state index in [2.05, 4.69) is 39.8 Å². The number of hydrogen-bond donors (Lipinski definition) is 0. The highest BCUT2D eigenvalue weighted by molar-refractivity contribution is 9.10. The van der Waals surface area contributed by atoms with Gasteiger partial charge in [0.1, 0.15) is 0 Å². The first kappa shape index (κ1) is 15.5. The van der Waals surface area contributed by atoms with Crippen LogP contribution in [-0.4, -0.2) is 40.8 Å². The van der Waals surface area contributed by atoms with Crippen LogP contribution in [0.5, 0.6) is 0 Å². The van der Waals surface area contributed by atoms with E-state index in [1.807, 2.05) is 4.68 Å². The first-order valence-electron chi connectivity index (χ1n) is 7.14. The van der Waals surface area contributed by atoms with Crippen molar-refractivity contribution in [2.24, 2.45) is 5.92 Å². The molecule has 1 atom stereocenters. The minimum absolute atomic E-state index is 0.0161. The third-order valence-corrected chi connectivity index (χ3v) is 4.79. The third-order valence-electron chi connectivity index (χ3n) is 3.87. The number of esters is 1. The molecule has 0 aromatic carbocycles. The van der Waals surface area contributed by atoms with E-state index in [-0.39, 0.29) is 11.9 Å². The molecule has 1 aromatic heterocycles. The molecule has 1 aliphatic rings. The van der Waals surface area contributed by atoms with Gasteiger partial charge in [0.15, 0.2) is 0 Å². The summed E-state index contributed by atoms with van der Waals surface area (Å²) in [5.41, 5.74) is 2.31. The second-order valence-corrected chi connectivity index (χ2v) is 5.91. The lowest BCUT2D eigenvalue weighted by Gasteiger charge is -2.16. The number of aryl methyl sites for hydroxylation is 2. The zero-order valence-corrected chi connectivity index (χ0v) is 13.9. The summed E-state index contributed by atoms with van der Waals surface area (Å²) in [6, 6.07) is 0. The van der Waals surface area contributed by atoms with Gasteiger partial charge in [-0.25, -0.2) is 0 Å². The van der Waals surface area contributed by atoms with Crippen LogP contribution in [0.25, 0.3) is 0 Å². The second kappa shape index (κ2) is 6.72. The van der Waals surface area contributed by atoms with Gasteiger partial charge in [0.25, 0.3) is 0 Å². The quantitative estimate of drug-likeness (QED) is 0.769. The molecule has 2 heterocycles. The topological polar surface area (TPSA) is 47.4 Å². The molecule has 1 aliphatic heterocycles. The van der Waals surface area contributed by atoms with E-state index in [0.717, 1.165) is 49.2 Å². The Hall–Kier alpha value is -0.880. The van der Waals surface area contributed by atoms with Crippen LogP contribution in [0.4, 0.5) is 0 Å². The molecule has 0 saturated carbocycles. The Morgan fingerprint density at radius 1 is 1.50 bits per heavy atom. The molecule has 1 unspecified atom stereocenters. The average molecular weight is 344 g/mol. The maximum absolute atomic E-state index is 11.6. The minimum Gasteiger partial charge on any atom is -0.469 e. The summed E-state index contributed by atoms with van der Waals surface area (Å²) in [6.07, 6.45) is 1.80. The summed E-state index contributed by atoms with van der Waals surface area (Å²) in [5, 5.41) is 4.61. The minimum atomic E-state index is -0.0928. The number of carbonyl (C=O) groups is 1. The molecule has 6 heteroatoms. The fourth-order valence-electron chi connectivity index (χ4n) is 2.72. The lowest BCUT2D eigenvalue weighted by atomic mass is 10.1. The summed E-state index contributed by atoms with van der Waals surface area (Å²) in [4.78, 5) is 13.9. The molecule has 1 fully saturated rings. The summed E-state index contributed by atoms with van der Waals surface area (Å²) in [5.74, 6) is -0.0766. The van der Waals surface area contributed by atoms with Crippen molar-refractivity contribution in [1.82, 2.24) is 14.7 Å². The van der Waals surface area contributed by atoms with Crippen LogP contribution in [0.2, 0.25) is 0 Å². The van der Waals surface area contributed by atoms with Crippen LogP contribution >= 0.6 is 15.9 Å². The molecule has 0 bridgehead atoms. The molecule has 0 radical (unpaired) electrons. The van der Waals surface area contributed by atoms with Crippen molar-refractivity contribution < 1.29 is 9.53 Å². The predicted octanol–water partition coefficient (Wildman–Crippen LogP) is 2.22. The summed E-state index contributed by atoms with van der Waals surface area (Å²) in [7, 11) is 1.46. The van der Waals surface area contributed by atoms with Gasteiger partial charge in [-0.1, -0.05) is 6.92 Å². The fraction of sp³-hybridized carbons (Fsp3) is 0.714. The second-order valence-electron chi connectivity index (χ2n) is 5.12. The van der Waals surface area contributed by atoms with Gasteiger partial charge in [-0.3, -0.25) is 14.4 Å². The number of rotatable bonds is 5. The summed E-state index contributed by atoms with van der Waals surface area (Å²) in [6.45, 7) is 7.61. The number of likely N-dealkylation sites (tertiary alicyclic amines) is 1. The van der Waals surface area contributed by atoms with E-state index in [9.17, 15) is 4.79 Å². The van der Waals surface area contributed by atoms with Crippen LogP contribution in [0, 0.1) is 5.92 Å². The summed E-state index contributed by atoms with van der Waals surface area (Å²) >= 11 is 3.67. The lowest BCUT2D eigenvalue weighted by molar-refractivity contribution is -0.144. The number of ether oxygens (including phenoxy) is 1. The Morgan fingerprint density at radius 2 is 2.25 bits per heavy atom. The van der Waals surface area contributed by atoms with Crippen molar-refractivity contribution in [3.05, 3.63) is 15.9 Å². The molecule has 2 rings (SSSR count). The van der Waals surface area contributed by atoms with Gasteiger partial charge in [-0.2, -0.15) is 5.10 Å². The van der Waals surface area contributed by atoms with E-state index < -0.39 is 0 Å². The number of nitrogens with zero attached hydrogens (tertiary/aromatic N) is 3. The van der Waals surface area contributed by atoms with E-state index in [1.165, 1.54) is 12.8 Å². The Labute approximate surface area is 128 Å². The van der Waals surface area contributed by atoms with E-state index in [4.69, 9.17) is 4.74 Å². The zero-order valence-electron chi connectivity index (χ0n) is 12.4. The van der Waals surface area contributed by atoms with Gasteiger partial charge < -0.3 is 4.74 Å². The Kier molecular flexibility index (Phi) is 5.21. The molecule has 5 nitrogen and oxygen atoms in total. The normalized spacial score (nSPS) is 19.5. The highest BCUT2D eigenvalue weighted by atomic mass is 79.9. The molecular formula is C14H22BrN3O2. The molecule has 0 N–H and O–H groups in total. The van der Waals surface area contributed by atoms with Crippen molar-refractivity contribution in [2.45, 2.75) is 39.8 Å². The van der Waals surface area contributed by atoms with Crippen LogP contribution in [0.1, 0.15) is 31.7 Å². The Bertz CT molecular complexity index is 487. The van der Waals surface area contributed by atoms with E-state index in [0.29, 0.717) is 0 Å². The predicted molar refractivity (Wildman–Crippen MR) is 80.4 cm³/mol. The van der Waals surface area contributed by atoms with Crippen LogP contribution in [0.3, 0.4) is 0 Å². The van der Waals surface area contributed by atoms with Gasteiger partial charge in [0, 0.05) is 19.6 Å². The first-order chi connectivity index (χ1) is 9.60. The maximum Gasteiger partial charge on any atom is 0.310 e. The van der Waals surface area contributed by atoms with Gasteiger partial charge in [0.05, 0.1) is 28.9 Å². The van der Waals surface area contributed by atoms with Crippen molar-refractivity contribution in [2.75, 3.05) is 20.2 Å². The van der Waals surface area contributed by atoms with Gasteiger partial charge in [-0.15, -0.1) is 0 Å².